The molecule has 1 aliphatic rings. The molecule has 0 bridgehead atoms. The monoisotopic (exact) mass is 256 g/mol. The Morgan fingerprint density at radius 1 is 1.56 bits per heavy atom. The zero-order chi connectivity index (χ0) is 13.5. The molecular formula is C13H24N2O3. The molecule has 0 saturated carbocycles. The van der Waals surface area contributed by atoms with Crippen molar-refractivity contribution in [3.63, 3.8) is 0 Å². The first kappa shape index (κ1) is 15.0. The van der Waals surface area contributed by atoms with Crippen LogP contribution in [0.15, 0.2) is 0 Å². The third kappa shape index (κ3) is 4.29. The van der Waals surface area contributed by atoms with Crippen LogP contribution in [0.2, 0.25) is 0 Å². The van der Waals surface area contributed by atoms with Crippen molar-refractivity contribution in [2.75, 3.05) is 26.3 Å². The van der Waals surface area contributed by atoms with Crippen LogP contribution in [0.5, 0.6) is 0 Å². The molecule has 0 aliphatic carbocycles. The van der Waals surface area contributed by atoms with Crippen LogP contribution in [0, 0.1) is 5.92 Å². The van der Waals surface area contributed by atoms with Gasteiger partial charge in [-0.25, -0.2) is 0 Å². The van der Waals surface area contributed by atoms with Gasteiger partial charge in [0.05, 0.1) is 5.92 Å². The molecule has 5 heteroatoms. The third-order valence-electron chi connectivity index (χ3n) is 3.12. The van der Waals surface area contributed by atoms with Crippen LogP contribution in [0.4, 0.5) is 0 Å². The number of hydrogen-bond donors (Lipinski definition) is 1. The Bertz CT molecular complexity index is 292. The van der Waals surface area contributed by atoms with E-state index in [0.29, 0.717) is 32.7 Å². The van der Waals surface area contributed by atoms with Gasteiger partial charge in [-0.3, -0.25) is 9.59 Å². The summed E-state index contributed by atoms with van der Waals surface area (Å²) in [6.07, 6.45) is 1.16. The van der Waals surface area contributed by atoms with Crippen LogP contribution in [0.3, 0.4) is 0 Å². The minimum Gasteiger partial charge on any atom is -0.382 e. The maximum atomic E-state index is 11.9. The molecule has 0 aromatic rings. The minimum absolute atomic E-state index is 0.0111. The lowest BCUT2D eigenvalue weighted by atomic mass is 10.1. The molecule has 0 spiro atoms. The smallest absolute Gasteiger partial charge is 0.225 e. The van der Waals surface area contributed by atoms with Gasteiger partial charge >= 0.3 is 0 Å². The second kappa shape index (κ2) is 7.36. The van der Waals surface area contributed by atoms with Crippen molar-refractivity contribution >= 4 is 11.8 Å². The standard InChI is InChI=1S/C13H24N2O3/c1-4-18-7-5-6-14-13(17)11-8-12(16)15(9-11)10(2)3/h10-11H,4-9H2,1-3H3,(H,14,17)/t11-/m0/s1. The zero-order valence-electron chi connectivity index (χ0n) is 11.6. The molecule has 2 amide bonds. The van der Waals surface area contributed by atoms with Gasteiger partial charge in [0.2, 0.25) is 11.8 Å². The predicted molar refractivity (Wildman–Crippen MR) is 69.1 cm³/mol. The molecule has 104 valence electrons. The van der Waals surface area contributed by atoms with Gasteiger partial charge in [0.15, 0.2) is 0 Å². The van der Waals surface area contributed by atoms with Gasteiger partial charge in [-0.2, -0.15) is 0 Å². The van der Waals surface area contributed by atoms with E-state index < -0.39 is 0 Å². The van der Waals surface area contributed by atoms with E-state index in [-0.39, 0.29) is 23.8 Å². The number of rotatable bonds is 7. The SMILES string of the molecule is CCOCCCNC(=O)[C@H]1CC(=O)N(C(C)C)C1. The van der Waals surface area contributed by atoms with Crippen molar-refractivity contribution < 1.29 is 14.3 Å². The molecule has 0 unspecified atom stereocenters. The molecular weight excluding hydrogens is 232 g/mol. The van der Waals surface area contributed by atoms with E-state index in [1.807, 2.05) is 20.8 Å². The molecule has 1 saturated heterocycles. The summed E-state index contributed by atoms with van der Waals surface area (Å²) in [6, 6.07) is 0.174. The molecule has 1 atom stereocenters. The van der Waals surface area contributed by atoms with Crippen LogP contribution in [0.1, 0.15) is 33.6 Å². The van der Waals surface area contributed by atoms with Crippen LogP contribution >= 0.6 is 0 Å². The number of hydrogen-bond acceptors (Lipinski definition) is 3. The fourth-order valence-electron chi connectivity index (χ4n) is 2.08. The topological polar surface area (TPSA) is 58.6 Å². The van der Waals surface area contributed by atoms with Crippen molar-refractivity contribution in [2.45, 2.75) is 39.7 Å². The van der Waals surface area contributed by atoms with Crippen LogP contribution in [0.25, 0.3) is 0 Å². The highest BCUT2D eigenvalue weighted by Crippen LogP contribution is 2.19. The number of likely N-dealkylation sites (tertiary alicyclic amines) is 1. The van der Waals surface area contributed by atoms with Crippen molar-refractivity contribution in [1.82, 2.24) is 10.2 Å². The van der Waals surface area contributed by atoms with Gasteiger partial charge in [-0.15, -0.1) is 0 Å². The van der Waals surface area contributed by atoms with Crippen molar-refractivity contribution in [3.8, 4) is 0 Å². The Kier molecular flexibility index (Phi) is 6.12. The van der Waals surface area contributed by atoms with Gasteiger partial charge in [0.25, 0.3) is 0 Å². The number of nitrogens with zero attached hydrogens (tertiary/aromatic N) is 1. The summed E-state index contributed by atoms with van der Waals surface area (Å²) in [7, 11) is 0. The van der Waals surface area contributed by atoms with Crippen molar-refractivity contribution in [2.24, 2.45) is 5.92 Å². The Balaban J connectivity index is 2.25. The summed E-state index contributed by atoms with van der Waals surface area (Å²) in [5.74, 6) is -0.116. The lowest BCUT2D eigenvalue weighted by Gasteiger charge is -2.20. The molecule has 1 heterocycles. The van der Waals surface area contributed by atoms with Gasteiger partial charge in [-0.05, 0) is 27.2 Å². The van der Waals surface area contributed by atoms with Gasteiger partial charge in [0, 0.05) is 38.8 Å². The number of ether oxygens (including phenoxy) is 1. The van der Waals surface area contributed by atoms with Crippen LogP contribution < -0.4 is 5.32 Å². The summed E-state index contributed by atoms with van der Waals surface area (Å²) >= 11 is 0. The lowest BCUT2D eigenvalue weighted by Crippen LogP contribution is -2.36. The average molecular weight is 256 g/mol. The lowest BCUT2D eigenvalue weighted by molar-refractivity contribution is -0.129. The van der Waals surface area contributed by atoms with E-state index in [1.165, 1.54) is 0 Å². The van der Waals surface area contributed by atoms with Gasteiger partial charge in [-0.1, -0.05) is 0 Å². The van der Waals surface area contributed by atoms with E-state index in [1.54, 1.807) is 4.90 Å². The Labute approximate surface area is 109 Å². The zero-order valence-corrected chi connectivity index (χ0v) is 11.6. The molecule has 0 aromatic heterocycles. The average Bonchev–Trinajstić information content (AvgIpc) is 2.71. The van der Waals surface area contributed by atoms with Crippen molar-refractivity contribution in [1.29, 1.82) is 0 Å². The highest BCUT2D eigenvalue weighted by molar-refractivity contribution is 5.89. The van der Waals surface area contributed by atoms with Crippen LogP contribution in [-0.2, 0) is 14.3 Å². The summed E-state index contributed by atoms with van der Waals surface area (Å²) in [4.78, 5) is 25.3. The predicted octanol–water partition coefficient (Wildman–Crippen LogP) is 0.786. The second-order valence-corrected chi connectivity index (χ2v) is 4.88. The minimum atomic E-state index is -0.188. The van der Waals surface area contributed by atoms with E-state index >= 15 is 0 Å². The van der Waals surface area contributed by atoms with Crippen LogP contribution in [-0.4, -0.2) is 49.1 Å². The Morgan fingerprint density at radius 3 is 2.83 bits per heavy atom. The summed E-state index contributed by atoms with van der Waals surface area (Å²) in [6.45, 7) is 8.43. The second-order valence-electron chi connectivity index (χ2n) is 4.88. The highest BCUT2D eigenvalue weighted by Gasteiger charge is 2.35. The Morgan fingerprint density at radius 2 is 2.28 bits per heavy atom. The first-order chi connectivity index (χ1) is 8.56. The molecule has 0 aromatic carbocycles. The number of carbonyl (C=O) groups excluding carboxylic acids is 2. The van der Waals surface area contributed by atoms with E-state index in [0.717, 1.165) is 6.42 Å². The first-order valence-electron chi connectivity index (χ1n) is 6.71. The summed E-state index contributed by atoms with van der Waals surface area (Å²) in [5.41, 5.74) is 0. The van der Waals surface area contributed by atoms with E-state index in [4.69, 9.17) is 4.74 Å². The maximum absolute atomic E-state index is 11.9. The van der Waals surface area contributed by atoms with Gasteiger partial charge < -0.3 is 15.0 Å². The number of amides is 2. The largest absolute Gasteiger partial charge is 0.382 e. The maximum Gasteiger partial charge on any atom is 0.225 e. The molecule has 1 fully saturated rings. The van der Waals surface area contributed by atoms with Crippen molar-refractivity contribution in [3.05, 3.63) is 0 Å². The molecule has 1 rings (SSSR count). The first-order valence-corrected chi connectivity index (χ1v) is 6.71. The fourth-order valence-corrected chi connectivity index (χ4v) is 2.08. The van der Waals surface area contributed by atoms with E-state index in [9.17, 15) is 9.59 Å². The highest BCUT2D eigenvalue weighted by atomic mass is 16.5. The van der Waals surface area contributed by atoms with E-state index in [2.05, 4.69) is 5.32 Å². The summed E-state index contributed by atoms with van der Waals surface area (Å²) < 4.78 is 5.19. The molecule has 0 radical (unpaired) electrons. The quantitative estimate of drug-likeness (QED) is 0.685. The molecule has 18 heavy (non-hydrogen) atoms. The molecule has 1 aliphatic heterocycles. The number of carbonyl (C=O) groups is 2. The Hall–Kier alpha value is -1.10. The third-order valence-corrected chi connectivity index (χ3v) is 3.12. The molecule has 1 N–H and O–H groups in total. The number of nitrogens with one attached hydrogen (secondary N) is 1. The summed E-state index contributed by atoms with van der Waals surface area (Å²) in [5, 5.41) is 2.87. The molecule has 5 nitrogen and oxygen atoms in total. The fraction of sp³-hybridized carbons (Fsp3) is 0.846. The van der Waals surface area contributed by atoms with Gasteiger partial charge in [0.1, 0.15) is 0 Å². The normalized spacial score (nSPS) is 19.7.